The molecule has 3 heteroatoms. The van der Waals surface area contributed by atoms with Crippen LogP contribution in [0.15, 0.2) is 30.5 Å². The van der Waals surface area contributed by atoms with E-state index in [2.05, 4.69) is 60.3 Å². The molecule has 1 aliphatic heterocycles. The zero-order valence-electron chi connectivity index (χ0n) is 11.1. The predicted octanol–water partition coefficient (Wildman–Crippen LogP) is 3.43. The Bertz CT molecular complexity index is 492. The van der Waals surface area contributed by atoms with Gasteiger partial charge in [0.2, 0.25) is 0 Å². The van der Waals surface area contributed by atoms with Crippen LogP contribution in [0.2, 0.25) is 0 Å². The van der Waals surface area contributed by atoms with E-state index in [-0.39, 0.29) is 0 Å². The van der Waals surface area contributed by atoms with E-state index in [1.165, 1.54) is 22.9 Å². The fourth-order valence-electron chi connectivity index (χ4n) is 2.88. The first-order valence-electron chi connectivity index (χ1n) is 6.57. The molecule has 1 saturated heterocycles. The summed E-state index contributed by atoms with van der Waals surface area (Å²) in [6.45, 7) is 4.64. The van der Waals surface area contributed by atoms with Crippen LogP contribution in [-0.4, -0.2) is 24.3 Å². The van der Waals surface area contributed by atoms with Gasteiger partial charge in [0, 0.05) is 17.1 Å². The van der Waals surface area contributed by atoms with Crippen molar-refractivity contribution in [1.29, 1.82) is 0 Å². The lowest BCUT2D eigenvalue weighted by molar-refractivity contribution is 0.351. The van der Waals surface area contributed by atoms with Crippen molar-refractivity contribution >= 4 is 23.5 Å². The van der Waals surface area contributed by atoms with Gasteiger partial charge >= 0.3 is 0 Å². The third kappa shape index (κ3) is 2.57. The highest BCUT2D eigenvalue weighted by atomic mass is 32.1. The number of fused-ring (bicyclic) bond motifs is 1. The quantitative estimate of drug-likeness (QED) is 0.675. The molecule has 2 N–H and O–H groups in total. The SMILES string of the molecule is CC1CNCCC1c1c[nH]c2ccccc12.CS. The van der Waals surface area contributed by atoms with Crippen LogP contribution in [0.5, 0.6) is 0 Å². The molecule has 18 heavy (non-hydrogen) atoms. The Kier molecular flexibility index (Phi) is 4.72. The molecule has 2 aromatic rings. The molecular formula is C15H22N2S. The maximum Gasteiger partial charge on any atom is 0.0456 e. The highest BCUT2D eigenvalue weighted by Gasteiger charge is 2.24. The van der Waals surface area contributed by atoms with E-state index in [0.29, 0.717) is 5.92 Å². The zero-order chi connectivity index (χ0) is 13.0. The van der Waals surface area contributed by atoms with Gasteiger partial charge in [-0.05, 0) is 49.2 Å². The third-order valence-corrected chi connectivity index (χ3v) is 3.81. The fraction of sp³-hybridized carbons (Fsp3) is 0.467. The molecule has 1 fully saturated rings. The van der Waals surface area contributed by atoms with Gasteiger partial charge in [0.05, 0.1) is 0 Å². The molecule has 0 bridgehead atoms. The molecule has 1 aromatic carbocycles. The summed E-state index contributed by atoms with van der Waals surface area (Å²) in [6, 6.07) is 8.61. The maximum atomic E-state index is 3.53. The summed E-state index contributed by atoms with van der Waals surface area (Å²) in [5, 5.41) is 4.87. The Hall–Kier alpha value is -0.930. The summed E-state index contributed by atoms with van der Waals surface area (Å²) in [5.41, 5.74) is 2.77. The average molecular weight is 262 g/mol. The molecule has 0 spiro atoms. The molecule has 2 nitrogen and oxygen atoms in total. The molecule has 3 rings (SSSR count). The minimum absolute atomic E-state index is 0.706. The van der Waals surface area contributed by atoms with Crippen LogP contribution in [0.1, 0.15) is 24.8 Å². The first kappa shape index (κ1) is 13.5. The number of para-hydroxylation sites is 1. The van der Waals surface area contributed by atoms with Crippen molar-refractivity contribution in [1.82, 2.24) is 10.3 Å². The van der Waals surface area contributed by atoms with Gasteiger partial charge < -0.3 is 10.3 Å². The molecule has 0 radical (unpaired) electrons. The van der Waals surface area contributed by atoms with Gasteiger partial charge in [-0.2, -0.15) is 12.6 Å². The van der Waals surface area contributed by atoms with E-state index < -0.39 is 0 Å². The van der Waals surface area contributed by atoms with E-state index in [0.717, 1.165) is 19.0 Å². The second kappa shape index (κ2) is 6.30. The van der Waals surface area contributed by atoms with Crippen LogP contribution < -0.4 is 5.32 Å². The van der Waals surface area contributed by atoms with Crippen molar-refractivity contribution < 1.29 is 0 Å². The van der Waals surface area contributed by atoms with E-state index in [1.807, 2.05) is 0 Å². The van der Waals surface area contributed by atoms with Crippen LogP contribution in [0.4, 0.5) is 0 Å². The Morgan fingerprint density at radius 3 is 2.78 bits per heavy atom. The Morgan fingerprint density at radius 1 is 1.22 bits per heavy atom. The number of aromatic nitrogens is 1. The van der Waals surface area contributed by atoms with Crippen LogP contribution in [-0.2, 0) is 0 Å². The van der Waals surface area contributed by atoms with Crippen LogP contribution in [0.25, 0.3) is 10.9 Å². The van der Waals surface area contributed by atoms with Crippen molar-refractivity contribution in [2.75, 3.05) is 19.3 Å². The monoisotopic (exact) mass is 262 g/mol. The number of hydrogen-bond acceptors (Lipinski definition) is 2. The molecular weight excluding hydrogens is 240 g/mol. The van der Waals surface area contributed by atoms with Crippen LogP contribution >= 0.6 is 12.6 Å². The van der Waals surface area contributed by atoms with Gasteiger partial charge in [0.25, 0.3) is 0 Å². The molecule has 98 valence electrons. The molecule has 2 heterocycles. The second-order valence-electron chi connectivity index (χ2n) is 4.87. The zero-order valence-corrected chi connectivity index (χ0v) is 12.0. The molecule has 2 unspecified atom stereocenters. The lowest BCUT2D eigenvalue weighted by Gasteiger charge is -2.29. The Labute approximate surface area is 115 Å². The van der Waals surface area contributed by atoms with Gasteiger partial charge in [0.1, 0.15) is 0 Å². The van der Waals surface area contributed by atoms with Crippen LogP contribution in [0, 0.1) is 5.92 Å². The number of H-pyrrole nitrogens is 1. The summed E-state index contributed by atoms with van der Waals surface area (Å²) in [6.07, 6.45) is 5.15. The van der Waals surface area contributed by atoms with E-state index in [1.54, 1.807) is 6.26 Å². The van der Waals surface area contributed by atoms with Crippen molar-refractivity contribution in [2.45, 2.75) is 19.3 Å². The van der Waals surface area contributed by atoms with Crippen molar-refractivity contribution in [3.8, 4) is 0 Å². The number of thiol groups is 1. The predicted molar refractivity (Wildman–Crippen MR) is 82.6 cm³/mol. The van der Waals surface area contributed by atoms with E-state index >= 15 is 0 Å². The van der Waals surface area contributed by atoms with Gasteiger partial charge in [-0.1, -0.05) is 25.1 Å². The van der Waals surface area contributed by atoms with E-state index in [9.17, 15) is 0 Å². The lowest BCUT2D eigenvalue weighted by atomic mass is 9.82. The minimum atomic E-state index is 0.706. The van der Waals surface area contributed by atoms with Crippen molar-refractivity contribution in [3.63, 3.8) is 0 Å². The van der Waals surface area contributed by atoms with Crippen molar-refractivity contribution in [3.05, 3.63) is 36.0 Å². The van der Waals surface area contributed by atoms with Gasteiger partial charge in [-0.15, -0.1) is 0 Å². The standard InChI is InChI=1S/C14H18N2.CH4S/c1-10-8-15-7-6-11(10)13-9-16-14-5-3-2-4-12(13)14;1-2/h2-5,9-11,15-16H,6-8H2,1H3;2H,1H3. The normalized spacial score (nSPS) is 23.5. The van der Waals surface area contributed by atoms with Gasteiger partial charge in [-0.25, -0.2) is 0 Å². The number of piperidine rings is 1. The number of rotatable bonds is 1. The molecule has 1 aliphatic rings. The topological polar surface area (TPSA) is 27.8 Å². The van der Waals surface area contributed by atoms with Gasteiger partial charge in [0.15, 0.2) is 0 Å². The number of nitrogens with one attached hydrogen (secondary N) is 2. The highest BCUT2D eigenvalue weighted by Crippen LogP contribution is 2.34. The summed E-state index contributed by atoms with van der Waals surface area (Å²) >= 11 is 3.53. The van der Waals surface area contributed by atoms with Crippen LogP contribution in [0.3, 0.4) is 0 Å². The third-order valence-electron chi connectivity index (χ3n) is 3.81. The van der Waals surface area contributed by atoms with Gasteiger partial charge in [-0.3, -0.25) is 0 Å². The average Bonchev–Trinajstić information content (AvgIpc) is 2.85. The number of hydrogen-bond donors (Lipinski definition) is 3. The molecule has 0 aliphatic carbocycles. The first-order chi connectivity index (χ1) is 8.86. The summed E-state index contributed by atoms with van der Waals surface area (Å²) in [5.74, 6) is 1.44. The Morgan fingerprint density at radius 2 is 2.00 bits per heavy atom. The van der Waals surface area contributed by atoms with E-state index in [4.69, 9.17) is 0 Å². The molecule has 1 aromatic heterocycles. The smallest absolute Gasteiger partial charge is 0.0456 e. The largest absolute Gasteiger partial charge is 0.361 e. The Balaban J connectivity index is 0.000000574. The second-order valence-corrected chi connectivity index (χ2v) is 4.87. The summed E-state index contributed by atoms with van der Waals surface area (Å²) in [4.78, 5) is 3.39. The summed E-state index contributed by atoms with van der Waals surface area (Å²) < 4.78 is 0. The number of benzene rings is 1. The molecule has 0 amide bonds. The minimum Gasteiger partial charge on any atom is -0.361 e. The first-order valence-corrected chi connectivity index (χ1v) is 7.47. The number of aromatic amines is 1. The van der Waals surface area contributed by atoms with Crippen molar-refractivity contribution in [2.24, 2.45) is 5.92 Å². The lowest BCUT2D eigenvalue weighted by Crippen LogP contribution is -2.33. The molecule has 2 atom stereocenters. The molecule has 0 saturated carbocycles. The summed E-state index contributed by atoms with van der Waals surface area (Å²) in [7, 11) is 0. The maximum absolute atomic E-state index is 3.53. The highest BCUT2D eigenvalue weighted by molar-refractivity contribution is 7.79. The fourth-order valence-corrected chi connectivity index (χ4v) is 2.88.